The Balaban J connectivity index is 2.06. The number of nitrogens with one attached hydrogen (secondary N) is 1. The Morgan fingerprint density at radius 2 is 2.21 bits per heavy atom. The fourth-order valence-corrected chi connectivity index (χ4v) is 1.97. The molecule has 0 aliphatic heterocycles. The van der Waals surface area contributed by atoms with Crippen molar-refractivity contribution in [1.29, 1.82) is 0 Å². The number of nitrogens with zero attached hydrogens (tertiary/aromatic N) is 2. The van der Waals surface area contributed by atoms with Crippen molar-refractivity contribution < 1.29 is 0 Å². The van der Waals surface area contributed by atoms with E-state index >= 15 is 0 Å². The molecule has 1 heterocycles. The Bertz CT molecular complexity index is 300. The zero-order valence-corrected chi connectivity index (χ0v) is 9.01. The van der Waals surface area contributed by atoms with E-state index in [4.69, 9.17) is 11.6 Å². The SMILES string of the molecule is Cc1ccc(NC2(CCl)CCC2)nn1. The Kier molecular flexibility index (Phi) is 2.59. The first-order chi connectivity index (χ1) is 6.74. The van der Waals surface area contributed by atoms with Gasteiger partial charge < -0.3 is 5.32 Å². The van der Waals surface area contributed by atoms with E-state index in [9.17, 15) is 0 Å². The number of rotatable bonds is 3. The van der Waals surface area contributed by atoms with Crippen LogP contribution >= 0.6 is 11.6 Å². The molecule has 1 fully saturated rings. The molecular weight excluding hydrogens is 198 g/mol. The summed E-state index contributed by atoms with van der Waals surface area (Å²) in [6.45, 7) is 1.93. The number of hydrogen-bond acceptors (Lipinski definition) is 3. The number of aromatic nitrogens is 2. The lowest BCUT2D eigenvalue weighted by Gasteiger charge is -2.41. The molecule has 76 valence electrons. The largest absolute Gasteiger partial charge is 0.362 e. The maximum atomic E-state index is 5.93. The van der Waals surface area contributed by atoms with E-state index in [1.807, 2.05) is 19.1 Å². The zero-order chi connectivity index (χ0) is 10.0. The topological polar surface area (TPSA) is 37.8 Å². The van der Waals surface area contributed by atoms with Crippen LogP contribution in [-0.2, 0) is 0 Å². The standard InChI is InChI=1S/C10H14ClN3/c1-8-3-4-9(14-13-8)12-10(7-11)5-2-6-10/h3-4H,2,5-7H2,1H3,(H,12,14). The fraction of sp³-hybridized carbons (Fsp3) is 0.600. The van der Waals surface area contributed by atoms with Crippen molar-refractivity contribution in [1.82, 2.24) is 10.2 Å². The first-order valence-electron chi connectivity index (χ1n) is 4.89. The van der Waals surface area contributed by atoms with Gasteiger partial charge in [0.2, 0.25) is 0 Å². The number of alkyl halides is 1. The van der Waals surface area contributed by atoms with Gasteiger partial charge >= 0.3 is 0 Å². The molecule has 4 heteroatoms. The third kappa shape index (κ3) is 1.82. The second-order valence-corrected chi connectivity index (χ2v) is 4.22. The van der Waals surface area contributed by atoms with E-state index in [0.29, 0.717) is 5.88 Å². The first-order valence-corrected chi connectivity index (χ1v) is 5.42. The molecule has 1 aromatic rings. The van der Waals surface area contributed by atoms with Crippen molar-refractivity contribution in [3.8, 4) is 0 Å². The molecule has 0 bridgehead atoms. The monoisotopic (exact) mass is 211 g/mol. The van der Waals surface area contributed by atoms with Gasteiger partial charge in [0, 0.05) is 5.88 Å². The fourth-order valence-electron chi connectivity index (χ4n) is 1.63. The van der Waals surface area contributed by atoms with Crippen molar-refractivity contribution in [3.05, 3.63) is 17.8 Å². The average Bonchev–Trinajstić information content (AvgIpc) is 2.15. The summed E-state index contributed by atoms with van der Waals surface area (Å²) in [6.07, 6.45) is 3.51. The summed E-state index contributed by atoms with van der Waals surface area (Å²) in [5, 5.41) is 11.4. The number of hydrogen-bond donors (Lipinski definition) is 1. The average molecular weight is 212 g/mol. The summed E-state index contributed by atoms with van der Waals surface area (Å²) in [7, 11) is 0. The smallest absolute Gasteiger partial charge is 0.149 e. The highest BCUT2D eigenvalue weighted by Crippen LogP contribution is 2.35. The van der Waals surface area contributed by atoms with Gasteiger partial charge in [-0.1, -0.05) is 0 Å². The highest BCUT2D eigenvalue weighted by molar-refractivity contribution is 6.18. The molecule has 14 heavy (non-hydrogen) atoms. The summed E-state index contributed by atoms with van der Waals surface area (Å²) in [4.78, 5) is 0. The highest BCUT2D eigenvalue weighted by Gasteiger charge is 2.36. The van der Waals surface area contributed by atoms with Gasteiger partial charge in [0.05, 0.1) is 11.2 Å². The third-order valence-electron chi connectivity index (χ3n) is 2.76. The van der Waals surface area contributed by atoms with Crippen molar-refractivity contribution in [2.24, 2.45) is 0 Å². The molecule has 1 aliphatic rings. The summed E-state index contributed by atoms with van der Waals surface area (Å²) >= 11 is 5.93. The van der Waals surface area contributed by atoms with E-state index in [1.54, 1.807) is 0 Å². The molecule has 0 saturated heterocycles. The first kappa shape index (κ1) is 9.71. The van der Waals surface area contributed by atoms with Gasteiger partial charge in [-0.15, -0.1) is 16.7 Å². The lowest BCUT2D eigenvalue weighted by atomic mass is 9.78. The molecule has 0 radical (unpaired) electrons. The molecule has 0 aromatic carbocycles. The van der Waals surface area contributed by atoms with Crippen LogP contribution in [0.5, 0.6) is 0 Å². The second-order valence-electron chi connectivity index (χ2n) is 3.95. The van der Waals surface area contributed by atoms with Crippen LogP contribution in [0.4, 0.5) is 5.82 Å². The minimum absolute atomic E-state index is 0.0749. The molecule has 1 saturated carbocycles. The lowest BCUT2D eigenvalue weighted by molar-refractivity contribution is 0.310. The van der Waals surface area contributed by atoms with Crippen molar-refractivity contribution in [3.63, 3.8) is 0 Å². The third-order valence-corrected chi connectivity index (χ3v) is 3.27. The van der Waals surface area contributed by atoms with Gasteiger partial charge in [-0.25, -0.2) is 0 Å². The van der Waals surface area contributed by atoms with Crippen molar-refractivity contribution in [2.75, 3.05) is 11.2 Å². The molecule has 0 spiro atoms. The van der Waals surface area contributed by atoms with Crippen LogP contribution in [0.3, 0.4) is 0 Å². The minimum atomic E-state index is 0.0749. The number of aryl methyl sites for hydroxylation is 1. The Morgan fingerprint density at radius 3 is 2.64 bits per heavy atom. The van der Waals surface area contributed by atoms with Crippen LogP contribution in [0.25, 0.3) is 0 Å². The van der Waals surface area contributed by atoms with Crippen molar-refractivity contribution >= 4 is 17.4 Å². The predicted molar refractivity (Wildman–Crippen MR) is 57.7 cm³/mol. The maximum Gasteiger partial charge on any atom is 0.149 e. The summed E-state index contributed by atoms with van der Waals surface area (Å²) in [6, 6.07) is 3.91. The Morgan fingerprint density at radius 1 is 1.43 bits per heavy atom. The summed E-state index contributed by atoms with van der Waals surface area (Å²) in [5.41, 5.74) is 1.01. The van der Waals surface area contributed by atoms with Gasteiger partial charge in [0.25, 0.3) is 0 Å². The predicted octanol–water partition coefficient (Wildman–Crippen LogP) is 2.36. The molecule has 2 rings (SSSR count). The molecule has 3 nitrogen and oxygen atoms in total. The summed E-state index contributed by atoms with van der Waals surface area (Å²) < 4.78 is 0. The van der Waals surface area contributed by atoms with Crippen LogP contribution in [0.15, 0.2) is 12.1 Å². The van der Waals surface area contributed by atoms with Gasteiger partial charge in [-0.2, -0.15) is 5.10 Å². The number of anilines is 1. The van der Waals surface area contributed by atoms with Gasteiger partial charge in [-0.3, -0.25) is 0 Å². The normalized spacial score (nSPS) is 18.7. The van der Waals surface area contributed by atoms with Crippen LogP contribution in [0.2, 0.25) is 0 Å². The van der Waals surface area contributed by atoms with Crippen LogP contribution in [0.1, 0.15) is 25.0 Å². The van der Waals surface area contributed by atoms with Crippen LogP contribution in [-0.4, -0.2) is 21.6 Å². The molecular formula is C10H14ClN3. The van der Waals surface area contributed by atoms with Crippen LogP contribution < -0.4 is 5.32 Å². The molecule has 1 N–H and O–H groups in total. The second kappa shape index (κ2) is 3.73. The van der Waals surface area contributed by atoms with E-state index < -0.39 is 0 Å². The van der Waals surface area contributed by atoms with Gasteiger partial charge in [0.15, 0.2) is 0 Å². The van der Waals surface area contributed by atoms with E-state index in [0.717, 1.165) is 24.4 Å². The van der Waals surface area contributed by atoms with Crippen molar-refractivity contribution in [2.45, 2.75) is 31.7 Å². The molecule has 1 aromatic heterocycles. The lowest BCUT2D eigenvalue weighted by Crippen LogP contribution is -2.47. The maximum absolute atomic E-state index is 5.93. The Labute approximate surface area is 88.9 Å². The van der Waals surface area contributed by atoms with E-state index in [2.05, 4.69) is 15.5 Å². The van der Waals surface area contributed by atoms with E-state index in [-0.39, 0.29) is 5.54 Å². The Hall–Kier alpha value is -0.830. The molecule has 0 atom stereocenters. The quantitative estimate of drug-likeness (QED) is 0.781. The summed E-state index contributed by atoms with van der Waals surface area (Å²) in [5.74, 6) is 1.47. The highest BCUT2D eigenvalue weighted by atomic mass is 35.5. The molecule has 0 unspecified atom stereocenters. The molecule has 1 aliphatic carbocycles. The van der Waals surface area contributed by atoms with Gasteiger partial charge in [0.1, 0.15) is 5.82 Å². The van der Waals surface area contributed by atoms with E-state index in [1.165, 1.54) is 6.42 Å². The number of halogens is 1. The minimum Gasteiger partial charge on any atom is -0.362 e. The zero-order valence-electron chi connectivity index (χ0n) is 8.26. The van der Waals surface area contributed by atoms with Crippen LogP contribution in [0, 0.1) is 6.92 Å². The molecule has 0 amide bonds. The van der Waals surface area contributed by atoms with Gasteiger partial charge in [-0.05, 0) is 38.3 Å².